The number of amides is 1. The zero-order chi connectivity index (χ0) is 13.4. The van der Waals surface area contributed by atoms with E-state index in [1.807, 2.05) is 32.1 Å². The second-order valence-corrected chi connectivity index (χ2v) is 4.02. The van der Waals surface area contributed by atoms with Crippen LogP contribution in [0, 0.1) is 0 Å². The van der Waals surface area contributed by atoms with Crippen molar-refractivity contribution in [2.24, 2.45) is 5.73 Å². The summed E-state index contributed by atoms with van der Waals surface area (Å²) < 4.78 is 0. The van der Waals surface area contributed by atoms with Crippen molar-refractivity contribution in [3.63, 3.8) is 0 Å². The van der Waals surface area contributed by atoms with Crippen LogP contribution in [0.1, 0.15) is 34.1 Å². The molecule has 0 aliphatic carbocycles. The number of nitrogens with one attached hydrogen (secondary N) is 1. The molecule has 0 saturated carbocycles. The lowest BCUT2D eigenvalue weighted by Gasteiger charge is -2.15. The van der Waals surface area contributed by atoms with Gasteiger partial charge >= 0.3 is 0 Å². The van der Waals surface area contributed by atoms with Gasteiger partial charge in [0.15, 0.2) is 5.78 Å². The van der Waals surface area contributed by atoms with E-state index in [0.29, 0.717) is 6.42 Å². The Balaban J connectivity index is 4.36. The van der Waals surface area contributed by atoms with Gasteiger partial charge in [0.25, 0.3) is 0 Å². The van der Waals surface area contributed by atoms with Gasteiger partial charge in [0.2, 0.25) is 5.91 Å². The normalized spacial score (nSPS) is 15.7. The van der Waals surface area contributed by atoms with Crippen molar-refractivity contribution in [1.82, 2.24) is 5.32 Å². The number of ketones is 1. The Morgan fingerprint density at radius 2 is 1.94 bits per heavy atom. The van der Waals surface area contributed by atoms with Crippen molar-refractivity contribution in [1.29, 1.82) is 0 Å². The third-order valence-corrected chi connectivity index (χ3v) is 2.51. The van der Waals surface area contributed by atoms with Crippen molar-refractivity contribution in [3.05, 3.63) is 23.8 Å². The molecule has 4 heteroatoms. The molecule has 0 fully saturated rings. The first-order valence-corrected chi connectivity index (χ1v) is 5.76. The maximum atomic E-state index is 11.7. The first kappa shape index (κ1) is 15.6. The van der Waals surface area contributed by atoms with Crippen molar-refractivity contribution in [2.75, 3.05) is 0 Å². The molecule has 1 amide bonds. The number of carbonyl (C=O) groups excluding carboxylic acids is 2. The number of allylic oxidation sites excluding steroid dienone is 3. The minimum absolute atomic E-state index is 0.0785. The van der Waals surface area contributed by atoms with Crippen LogP contribution in [0.3, 0.4) is 0 Å². The SMILES string of the molecule is C/C=C\C(=C/C)CC(N)C(=O)NC(C)C(C)=O. The quantitative estimate of drug-likeness (QED) is 0.685. The Labute approximate surface area is 103 Å². The van der Waals surface area contributed by atoms with Crippen molar-refractivity contribution >= 4 is 11.7 Å². The average Bonchev–Trinajstić information content (AvgIpc) is 2.27. The number of nitrogens with two attached hydrogens (primary N) is 1. The highest BCUT2D eigenvalue weighted by atomic mass is 16.2. The molecule has 0 aromatic carbocycles. The van der Waals surface area contributed by atoms with E-state index in [1.54, 1.807) is 6.92 Å². The maximum Gasteiger partial charge on any atom is 0.237 e. The van der Waals surface area contributed by atoms with Gasteiger partial charge in [-0.3, -0.25) is 9.59 Å². The number of hydrogen-bond acceptors (Lipinski definition) is 3. The topological polar surface area (TPSA) is 72.2 Å². The molecule has 4 nitrogen and oxygen atoms in total. The minimum atomic E-state index is -0.626. The summed E-state index contributed by atoms with van der Waals surface area (Å²) in [5.41, 5.74) is 6.78. The van der Waals surface area contributed by atoms with E-state index in [4.69, 9.17) is 5.73 Å². The Hall–Kier alpha value is -1.42. The van der Waals surface area contributed by atoms with Gasteiger partial charge in [0.05, 0.1) is 12.1 Å². The molecule has 17 heavy (non-hydrogen) atoms. The van der Waals surface area contributed by atoms with Crippen LogP contribution in [-0.2, 0) is 9.59 Å². The number of Topliss-reactive ketones (excluding diaryl/α,β-unsaturated/α-hetero) is 1. The second kappa shape index (κ2) is 7.79. The van der Waals surface area contributed by atoms with Gasteiger partial charge in [0.1, 0.15) is 0 Å². The zero-order valence-electron chi connectivity index (χ0n) is 11.0. The van der Waals surface area contributed by atoms with Crippen molar-refractivity contribution in [3.8, 4) is 0 Å². The second-order valence-electron chi connectivity index (χ2n) is 4.02. The van der Waals surface area contributed by atoms with Gasteiger partial charge in [-0.2, -0.15) is 0 Å². The van der Waals surface area contributed by atoms with Crippen molar-refractivity contribution < 1.29 is 9.59 Å². The predicted molar refractivity (Wildman–Crippen MR) is 69.4 cm³/mol. The third kappa shape index (κ3) is 6.02. The zero-order valence-corrected chi connectivity index (χ0v) is 11.0. The van der Waals surface area contributed by atoms with Gasteiger partial charge in [-0.15, -0.1) is 0 Å². The third-order valence-electron chi connectivity index (χ3n) is 2.51. The molecule has 0 rings (SSSR count). The van der Waals surface area contributed by atoms with Gasteiger partial charge in [-0.05, 0) is 34.1 Å². The molecule has 0 bridgehead atoms. The first-order valence-electron chi connectivity index (χ1n) is 5.76. The molecule has 0 aliphatic rings. The molecular weight excluding hydrogens is 216 g/mol. The molecular formula is C13H22N2O2. The Bertz CT molecular complexity index is 332. The fourth-order valence-electron chi connectivity index (χ4n) is 1.26. The smallest absolute Gasteiger partial charge is 0.237 e. The monoisotopic (exact) mass is 238 g/mol. The molecule has 3 N–H and O–H groups in total. The van der Waals surface area contributed by atoms with Crippen molar-refractivity contribution in [2.45, 2.75) is 46.2 Å². The fraction of sp³-hybridized carbons (Fsp3) is 0.538. The van der Waals surface area contributed by atoms with E-state index in [0.717, 1.165) is 5.57 Å². The standard InChI is InChI=1S/C13H22N2O2/c1-5-7-11(6-2)8-12(14)13(17)15-9(3)10(4)16/h5-7,9,12H,8,14H2,1-4H3,(H,15,17)/b7-5-,11-6+. The molecule has 0 aromatic heterocycles. The Morgan fingerprint density at radius 3 is 2.35 bits per heavy atom. The first-order chi connectivity index (χ1) is 7.92. The molecule has 2 atom stereocenters. The van der Waals surface area contributed by atoms with Crippen LogP contribution in [0.15, 0.2) is 23.8 Å². The highest BCUT2D eigenvalue weighted by molar-refractivity contribution is 5.89. The van der Waals surface area contributed by atoms with Crippen LogP contribution in [0.2, 0.25) is 0 Å². The molecule has 0 saturated heterocycles. The molecule has 0 heterocycles. The highest BCUT2D eigenvalue weighted by Crippen LogP contribution is 2.06. The summed E-state index contributed by atoms with van der Waals surface area (Å²) in [7, 11) is 0. The highest BCUT2D eigenvalue weighted by Gasteiger charge is 2.18. The predicted octanol–water partition coefficient (Wildman–Crippen LogP) is 1.32. The van der Waals surface area contributed by atoms with Crippen LogP contribution >= 0.6 is 0 Å². The molecule has 96 valence electrons. The molecule has 0 spiro atoms. The maximum absolute atomic E-state index is 11.7. The van der Waals surface area contributed by atoms with E-state index in [-0.39, 0.29) is 11.7 Å². The van der Waals surface area contributed by atoms with Gasteiger partial charge in [-0.25, -0.2) is 0 Å². The minimum Gasteiger partial charge on any atom is -0.345 e. The molecule has 0 aliphatic heterocycles. The number of hydrogen-bond donors (Lipinski definition) is 2. The van der Waals surface area contributed by atoms with Crippen LogP contribution in [0.25, 0.3) is 0 Å². The van der Waals surface area contributed by atoms with E-state index < -0.39 is 12.1 Å². The van der Waals surface area contributed by atoms with Gasteiger partial charge in [-0.1, -0.05) is 23.8 Å². The lowest BCUT2D eigenvalue weighted by atomic mass is 10.0. The summed E-state index contributed by atoms with van der Waals surface area (Å²) in [6.07, 6.45) is 6.21. The summed E-state index contributed by atoms with van der Waals surface area (Å²) in [5, 5.41) is 2.59. The van der Waals surface area contributed by atoms with E-state index in [2.05, 4.69) is 5.32 Å². The van der Waals surface area contributed by atoms with Crippen LogP contribution < -0.4 is 11.1 Å². The summed E-state index contributed by atoms with van der Waals surface area (Å²) >= 11 is 0. The summed E-state index contributed by atoms with van der Waals surface area (Å²) in [5.74, 6) is -0.373. The largest absolute Gasteiger partial charge is 0.345 e. The molecule has 2 unspecified atom stereocenters. The van der Waals surface area contributed by atoms with Crippen LogP contribution in [0.5, 0.6) is 0 Å². The van der Waals surface area contributed by atoms with Crippen LogP contribution in [0.4, 0.5) is 0 Å². The average molecular weight is 238 g/mol. The lowest BCUT2D eigenvalue weighted by Crippen LogP contribution is -2.46. The van der Waals surface area contributed by atoms with Gasteiger partial charge < -0.3 is 11.1 Å². The fourth-order valence-corrected chi connectivity index (χ4v) is 1.26. The number of carbonyl (C=O) groups is 2. The Kier molecular flexibility index (Phi) is 7.14. The number of rotatable bonds is 6. The molecule has 0 radical (unpaired) electrons. The van der Waals surface area contributed by atoms with E-state index in [1.165, 1.54) is 6.92 Å². The van der Waals surface area contributed by atoms with Gasteiger partial charge in [0, 0.05) is 0 Å². The Morgan fingerprint density at radius 1 is 1.35 bits per heavy atom. The molecule has 0 aromatic rings. The van der Waals surface area contributed by atoms with E-state index in [9.17, 15) is 9.59 Å². The van der Waals surface area contributed by atoms with E-state index >= 15 is 0 Å². The van der Waals surface area contributed by atoms with Crippen LogP contribution in [-0.4, -0.2) is 23.8 Å². The lowest BCUT2D eigenvalue weighted by molar-refractivity contribution is -0.127. The summed E-state index contributed by atoms with van der Waals surface area (Å²) in [6, 6.07) is -1.11. The summed E-state index contributed by atoms with van der Waals surface area (Å²) in [4.78, 5) is 22.7. The summed E-state index contributed by atoms with van der Waals surface area (Å²) in [6.45, 7) is 6.90.